The smallest absolute Gasteiger partial charge is 0.420 e. The van der Waals surface area contributed by atoms with E-state index in [0.29, 0.717) is 18.5 Å². The van der Waals surface area contributed by atoms with Gasteiger partial charge in [0.2, 0.25) is 0 Å². The molecule has 0 bridgehead atoms. The molecule has 1 saturated carbocycles. The van der Waals surface area contributed by atoms with Crippen molar-refractivity contribution >= 4 is 23.6 Å². The van der Waals surface area contributed by atoms with Crippen LogP contribution >= 0.6 is 0 Å². The van der Waals surface area contributed by atoms with Gasteiger partial charge < -0.3 is 14.6 Å². The number of aliphatic carboxylic acids is 1. The molecule has 7 nitrogen and oxygen atoms in total. The number of alkyl halides is 3. The van der Waals surface area contributed by atoms with Gasteiger partial charge in [0.1, 0.15) is 12.4 Å². The van der Waals surface area contributed by atoms with Crippen LogP contribution in [0.4, 0.5) is 29.5 Å². The highest BCUT2D eigenvalue weighted by atomic mass is 19.4. The summed E-state index contributed by atoms with van der Waals surface area (Å²) in [6.45, 7) is 0.247. The standard InChI is InChI=1S/C23H25F3N2O5/c24-23(25,26)18-10-11-20(27-12-18)28(19-4-2-1-3-5-19)22(31)33-14-17-8-6-16(7-9-17)13-32-15-21(29)30/h1-5,10-12,16-17H,6-9,13-15H2,(H,29,30). The molecular formula is C23H25F3N2O5. The number of hydrogen-bond acceptors (Lipinski definition) is 5. The first-order chi connectivity index (χ1) is 15.7. The van der Waals surface area contributed by atoms with Gasteiger partial charge in [-0.2, -0.15) is 13.2 Å². The number of rotatable bonds is 8. The number of carboxylic acids is 1. The molecule has 0 radical (unpaired) electrons. The Morgan fingerprint density at radius 1 is 1.00 bits per heavy atom. The highest BCUT2D eigenvalue weighted by Gasteiger charge is 2.32. The molecule has 10 heteroatoms. The third kappa shape index (κ3) is 7.18. The summed E-state index contributed by atoms with van der Waals surface area (Å²) >= 11 is 0. The lowest BCUT2D eigenvalue weighted by Crippen LogP contribution is -2.30. The van der Waals surface area contributed by atoms with Crippen LogP contribution in [0.2, 0.25) is 0 Å². The Morgan fingerprint density at radius 2 is 1.64 bits per heavy atom. The fourth-order valence-corrected chi connectivity index (χ4v) is 3.73. The number of carbonyl (C=O) groups is 2. The van der Waals surface area contributed by atoms with Gasteiger partial charge in [-0.05, 0) is 61.8 Å². The quantitative estimate of drug-likeness (QED) is 0.569. The predicted molar refractivity (Wildman–Crippen MR) is 113 cm³/mol. The van der Waals surface area contributed by atoms with Crippen molar-refractivity contribution in [3.8, 4) is 0 Å². The molecule has 1 N–H and O–H groups in total. The van der Waals surface area contributed by atoms with Gasteiger partial charge in [-0.25, -0.2) is 19.5 Å². The van der Waals surface area contributed by atoms with E-state index in [1.807, 2.05) is 0 Å². The number of anilines is 2. The molecule has 0 atom stereocenters. The summed E-state index contributed by atoms with van der Waals surface area (Å²) in [6, 6.07) is 10.5. The van der Waals surface area contributed by atoms with Gasteiger partial charge in [0.15, 0.2) is 0 Å². The summed E-state index contributed by atoms with van der Waals surface area (Å²) in [5.41, 5.74) is -0.481. The van der Waals surface area contributed by atoms with Crippen LogP contribution in [0.5, 0.6) is 0 Å². The average molecular weight is 466 g/mol. The molecule has 0 aliphatic heterocycles. The molecule has 0 spiro atoms. The number of hydrogen-bond donors (Lipinski definition) is 1. The van der Waals surface area contributed by atoms with Gasteiger partial charge in [0, 0.05) is 6.20 Å². The van der Waals surface area contributed by atoms with Gasteiger partial charge in [0.25, 0.3) is 0 Å². The third-order valence-electron chi connectivity index (χ3n) is 5.49. The van der Waals surface area contributed by atoms with Crippen LogP contribution in [0.1, 0.15) is 31.2 Å². The molecular weight excluding hydrogens is 441 g/mol. The van der Waals surface area contributed by atoms with Crippen LogP contribution in [0, 0.1) is 11.8 Å². The molecule has 1 aromatic carbocycles. The Labute approximate surface area is 189 Å². The van der Waals surface area contributed by atoms with Crippen molar-refractivity contribution in [1.29, 1.82) is 0 Å². The van der Waals surface area contributed by atoms with Crippen LogP contribution in [0.3, 0.4) is 0 Å². The number of amides is 1. The molecule has 1 amide bonds. The monoisotopic (exact) mass is 466 g/mol. The number of nitrogens with zero attached hydrogens (tertiary/aromatic N) is 2. The van der Waals surface area contributed by atoms with Gasteiger partial charge in [0.05, 0.1) is 24.5 Å². The SMILES string of the molecule is O=C(O)COCC1CCC(COC(=O)N(c2ccccc2)c2ccc(C(F)(F)F)cn2)CC1. The van der Waals surface area contributed by atoms with E-state index in [1.165, 1.54) is 0 Å². The fourth-order valence-electron chi connectivity index (χ4n) is 3.73. The first-order valence-electron chi connectivity index (χ1n) is 10.6. The van der Waals surface area contributed by atoms with Crippen molar-refractivity contribution in [3.05, 3.63) is 54.2 Å². The highest BCUT2D eigenvalue weighted by Crippen LogP contribution is 2.32. The zero-order valence-electron chi connectivity index (χ0n) is 17.8. The number of carboxylic acid groups (broad SMARTS) is 1. The minimum atomic E-state index is -4.53. The Morgan fingerprint density at radius 3 is 2.18 bits per heavy atom. The van der Waals surface area contributed by atoms with Crippen molar-refractivity contribution in [2.45, 2.75) is 31.9 Å². The lowest BCUT2D eigenvalue weighted by atomic mass is 9.83. The normalized spacial score (nSPS) is 18.5. The Hall–Kier alpha value is -3.14. The predicted octanol–water partition coefficient (Wildman–Crippen LogP) is 5.28. The van der Waals surface area contributed by atoms with E-state index in [9.17, 15) is 22.8 Å². The zero-order valence-corrected chi connectivity index (χ0v) is 17.8. The molecule has 1 aliphatic rings. The van der Waals surface area contributed by atoms with E-state index in [2.05, 4.69) is 4.98 Å². The molecule has 0 saturated heterocycles. The fraction of sp³-hybridized carbons (Fsp3) is 0.435. The molecule has 1 aromatic heterocycles. The maximum atomic E-state index is 12.9. The summed E-state index contributed by atoms with van der Waals surface area (Å²) in [4.78, 5) is 28.4. The Kier molecular flexibility index (Phi) is 8.26. The van der Waals surface area contributed by atoms with Gasteiger partial charge >= 0.3 is 18.2 Å². The minimum Gasteiger partial charge on any atom is -0.480 e. The summed E-state index contributed by atoms with van der Waals surface area (Å²) in [7, 11) is 0. The molecule has 33 heavy (non-hydrogen) atoms. The molecule has 1 heterocycles. The van der Waals surface area contributed by atoms with Crippen molar-refractivity contribution in [3.63, 3.8) is 0 Å². The molecule has 1 fully saturated rings. The van der Waals surface area contributed by atoms with Gasteiger partial charge in [-0.15, -0.1) is 0 Å². The van der Waals surface area contributed by atoms with Crippen molar-refractivity contribution in [1.82, 2.24) is 4.98 Å². The summed E-state index contributed by atoms with van der Waals surface area (Å²) in [5, 5.41) is 8.63. The van der Waals surface area contributed by atoms with Crippen LogP contribution in [0.25, 0.3) is 0 Å². The van der Waals surface area contributed by atoms with Crippen LogP contribution in [0.15, 0.2) is 48.7 Å². The summed E-state index contributed by atoms with van der Waals surface area (Å²) < 4.78 is 49.3. The molecule has 178 valence electrons. The van der Waals surface area contributed by atoms with Crippen molar-refractivity contribution in [2.75, 3.05) is 24.7 Å². The number of ether oxygens (including phenoxy) is 2. The molecule has 0 unspecified atom stereocenters. The zero-order chi connectivity index (χ0) is 23.8. The third-order valence-corrected chi connectivity index (χ3v) is 5.49. The van der Waals surface area contributed by atoms with E-state index in [1.54, 1.807) is 30.3 Å². The maximum Gasteiger partial charge on any atom is 0.420 e. The second kappa shape index (κ2) is 11.1. The Bertz CT molecular complexity index is 914. The largest absolute Gasteiger partial charge is 0.480 e. The topological polar surface area (TPSA) is 89.0 Å². The molecule has 3 rings (SSSR count). The Balaban J connectivity index is 1.60. The lowest BCUT2D eigenvalue weighted by Gasteiger charge is -2.29. The number of benzene rings is 1. The first kappa shape index (κ1) is 24.5. The van der Waals surface area contributed by atoms with Crippen LogP contribution in [-0.2, 0) is 20.4 Å². The number of carbonyl (C=O) groups excluding carboxylic acids is 1. The van der Waals surface area contributed by atoms with Gasteiger partial charge in [-0.1, -0.05) is 18.2 Å². The number of aromatic nitrogens is 1. The van der Waals surface area contributed by atoms with Crippen molar-refractivity contribution < 1.29 is 37.3 Å². The highest BCUT2D eigenvalue weighted by molar-refractivity contribution is 5.94. The lowest BCUT2D eigenvalue weighted by molar-refractivity contribution is -0.143. The van der Waals surface area contributed by atoms with E-state index in [-0.39, 0.29) is 30.9 Å². The maximum absolute atomic E-state index is 12.9. The number of halogens is 3. The second-order valence-corrected chi connectivity index (χ2v) is 7.95. The van der Waals surface area contributed by atoms with Gasteiger partial charge in [-0.3, -0.25) is 0 Å². The van der Waals surface area contributed by atoms with Crippen LogP contribution in [-0.4, -0.2) is 42.0 Å². The van der Waals surface area contributed by atoms with E-state index >= 15 is 0 Å². The molecule has 1 aliphatic carbocycles. The number of pyridine rings is 1. The number of para-hydroxylation sites is 1. The second-order valence-electron chi connectivity index (χ2n) is 7.95. The first-order valence-corrected chi connectivity index (χ1v) is 10.6. The van der Waals surface area contributed by atoms with E-state index in [0.717, 1.165) is 42.7 Å². The minimum absolute atomic E-state index is 0.0264. The summed E-state index contributed by atoms with van der Waals surface area (Å²) in [6.07, 6.45) is -1.28. The van der Waals surface area contributed by atoms with Crippen molar-refractivity contribution in [2.24, 2.45) is 11.8 Å². The van der Waals surface area contributed by atoms with E-state index < -0.39 is 23.8 Å². The summed E-state index contributed by atoms with van der Waals surface area (Å²) in [5.74, 6) is -0.559. The van der Waals surface area contributed by atoms with Crippen LogP contribution < -0.4 is 4.90 Å². The average Bonchev–Trinajstić information content (AvgIpc) is 2.79. The van der Waals surface area contributed by atoms with E-state index in [4.69, 9.17) is 14.6 Å². The molecule has 2 aromatic rings.